The van der Waals surface area contributed by atoms with Gasteiger partial charge in [-0.3, -0.25) is 0 Å². The maximum absolute atomic E-state index is 5.89. The summed E-state index contributed by atoms with van der Waals surface area (Å²) in [5.41, 5.74) is 0. The van der Waals surface area contributed by atoms with Gasteiger partial charge in [0.1, 0.15) is 0 Å². The molecule has 1 atom stereocenters. The van der Waals surface area contributed by atoms with Crippen molar-refractivity contribution in [2.75, 3.05) is 0 Å². The van der Waals surface area contributed by atoms with Gasteiger partial charge >= 0.3 is 0 Å². The Kier molecular flexibility index (Phi) is 8.15. The van der Waals surface area contributed by atoms with Crippen molar-refractivity contribution in [3.05, 3.63) is 12.2 Å². The fourth-order valence-corrected chi connectivity index (χ4v) is 0.995. The molecule has 0 spiro atoms. The second-order valence-electron chi connectivity index (χ2n) is 2.85. The van der Waals surface area contributed by atoms with E-state index >= 15 is 0 Å². The van der Waals surface area contributed by atoms with Gasteiger partial charge in [-0.2, -0.15) is 0 Å². The molecule has 0 saturated heterocycles. The molecule has 1 heteroatoms. The molecule has 0 rings (SSSR count). The minimum absolute atomic E-state index is 0.247. The zero-order valence-electron chi connectivity index (χ0n) is 7.65. The summed E-state index contributed by atoms with van der Waals surface area (Å²) in [4.78, 5) is 0. The lowest BCUT2D eigenvalue weighted by Gasteiger charge is -1.96. The summed E-state index contributed by atoms with van der Waals surface area (Å²) in [6.45, 7) is 4.33. The predicted octanol–water partition coefficient (Wildman–Crippen LogP) is 4.14. The number of hydrogen-bond donors (Lipinski definition) is 0. The Morgan fingerprint density at radius 3 is 2.55 bits per heavy atom. The van der Waals surface area contributed by atoms with Gasteiger partial charge in [0.05, 0.1) is 5.38 Å². The summed E-state index contributed by atoms with van der Waals surface area (Å²) in [5.74, 6) is 0. The van der Waals surface area contributed by atoms with Gasteiger partial charge in [0.25, 0.3) is 0 Å². The average molecular weight is 175 g/mol. The van der Waals surface area contributed by atoms with Crippen molar-refractivity contribution in [1.29, 1.82) is 0 Å². The van der Waals surface area contributed by atoms with E-state index in [4.69, 9.17) is 11.6 Å². The maximum atomic E-state index is 5.89. The molecule has 0 nitrogen and oxygen atoms in total. The molecular formula is C10H19Cl. The molecular weight excluding hydrogens is 156 g/mol. The minimum Gasteiger partial charge on any atom is -0.118 e. The summed E-state index contributed by atoms with van der Waals surface area (Å²) in [6.07, 6.45) is 10.5. The van der Waals surface area contributed by atoms with Gasteiger partial charge in [0, 0.05) is 0 Å². The standard InChI is InChI=1S/C10H19Cl/c1-3-5-6-7-8-9-10(11)4-2/h8-10H,3-7H2,1-2H3. The van der Waals surface area contributed by atoms with Crippen molar-refractivity contribution >= 4 is 11.6 Å². The number of halogens is 1. The number of allylic oxidation sites excluding steroid dienone is 2. The summed E-state index contributed by atoms with van der Waals surface area (Å²) in [5, 5.41) is 0.247. The Morgan fingerprint density at radius 2 is 2.00 bits per heavy atom. The Morgan fingerprint density at radius 1 is 1.27 bits per heavy atom. The number of hydrogen-bond acceptors (Lipinski definition) is 0. The molecule has 0 N–H and O–H groups in total. The van der Waals surface area contributed by atoms with Crippen LogP contribution in [0.3, 0.4) is 0 Å². The SMILES string of the molecule is CCCCCC=CC(Cl)CC. The highest BCUT2D eigenvalue weighted by atomic mass is 35.5. The van der Waals surface area contributed by atoms with Crippen LogP contribution in [0.2, 0.25) is 0 Å². The normalized spacial score (nSPS) is 14.1. The molecule has 1 unspecified atom stereocenters. The highest BCUT2D eigenvalue weighted by Crippen LogP contribution is 2.05. The highest BCUT2D eigenvalue weighted by molar-refractivity contribution is 6.21. The molecule has 11 heavy (non-hydrogen) atoms. The quantitative estimate of drug-likeness (QED) is 0.323. The largest absolute Gasteiger partial charge is 0.118 e. The van der Waals surface area contributed by atoms with E-state index < -0.39 is 0 Å². The number of rotatable bonds is 6. The van der Waals surface area contributed by atoms with Gasteiger partial charge in [-0.15, -0.1) is 11.6 Å². The first-order valence-electron chi connectivity index (χ1n) is 4.62. The van der Waals surface area contributed by atoms with Gasteiger partial charge in [0.2, 0.25) is 0 Å². The second kappa shape index (κ2) is 8.13. The molecule has 0 amide bonds. The second-order valence-corrected chi connectivity index (χ2v) is 3.41. The summed E-state index contributed by atoms with van der Waals surface area (Å²) >= 11 is 5.89. The number of unbranched alkanes of at least 4 members (excludes halogenated alkanes) is 3. The van der Waals surface area contributed by atoms with Crippen molar-refractivity contribution < 1.29 is 0 Å². The van der Waals surface area contributed by atoms with E-state index in [9.17, 15) is 0 Å². The molecule has 0 fully saturated rings. The predicted molar refractivity (Wildman–Crippen MR) is 53.2 cm³/mol. The van der Waals surface area contributed by atoms with Crippen LogP contribution in [0, 0.1) is 0 Å². The van der Waals surface area contributed by atoms with Crippen LogP contribution in [-0.2, 0) is 0 Å². The third-order valence-electron chi connectivity index (χ3n) is 1.71. The summed E-state index contributed by atoms with van der Waals surface area (Å²) in [7, 11) is 0. The zero-order valence-corrected chi connectivity index (χ0v) is 8.40. The first kappa shape index (κ1) is 11.0. The topological polar surface area (TPSA) is 0 Å². The Bertz CT molecular complexity index is 97.0. The third-order valence-corrected chi connectivity index (χ3v) is 2.16. The van der Waals surface area contributed by atoms with Crippen LogP contribution in [0.5, 0.6) is 0 Å². The van der Waals surface area contributed by atoms with E-state index in [1.54, 1.807) is 0 Å². The van der Waals surface area contributed by atoms with Gasteiger partial charge in [0.15, 0.2) is 0 Å². The average Bonchev–Trinajstić information content (AvgIpc) is 2.04. The lowest BCUT2D eigenvalue weighted by Crippen LogP contribution is -1.87. The fourth-order valence-electron chi connectivity index (χ4n) is 0.892. The molecule has 0 aliphatic heterocycles. The Balaban J connectivity index is 3.15. The van der Waals surface area contributed by atoms with Crippen LogP contribution in [0.1, 0.15) is 46.0 Å². The Hall–Kier alpha value is 0.0300. The van der Waals surface area contributed by atoms with E-state index in [1.807, 2.05) is 0 Å². The van der Waals surface area contributed by atoms with Gasteiger partial charge < -0.3 is 0 Å². The number of alkyl halides is 1. The lowest BCUT2D eigenvalue weighted by atomic mass is 10.2. The van der Waals surface area contributed by atoms with Crippen molar-refractivity contribution in [1.82, 2.24) is 0 Å². The van der Waals surface area contributed by atoms with E-state index in [0.29, 0.717) is 0 Å². The van der Waals surface area contributed by atoms with E-state index in [2.05, 4.69) is 26.0 Å². The molecule has 0 aromatic heterocycles. The van der Waals surface area contributed by atoms with Gasteiger partial charge in [-0.05, 0) is 19.3 Å². The summed E-state index contributed by atoms with van der Waals surface area (Å²) < 4.78 is 0. The molecule has 0 saturated carbocycles. The fraction of sp³-hybridized carbons (Fsp3) is 0.800. The van der Waals surface area contributed by atoms with Crippen LogP contribution in [0.15, 0.2) is 12.2 Å². The molecule has 66 valence electrons. The van der Waals surface area contributed by atoms with E-state index in [-0.39, 0.29) is 5.38 Å². The monoisotopic (exact) mass is 174 g/mol. The Labute approximate surface area is 75.6 Å². The van der Waals surface area contributed by atoms with Crippen LogP contribution in [-0.4, -0.2) is 5.38 Å². The minimum atomic E-state index is 0.247. The van der Waals surface area contributed by atoms with Gasteiger partial charge in [-0.1, -0.05) is 38.8 Å². The van der Waals surface area contributed by atoms with Crippen molar-refractivity contribution in [3.8, 4) is 0 Å². The van der Waals surface area contributed by atoms with Crippen LogP contribution >= 0.6 is 11.6 Å². The molecule has 0 radical (unpaired) electrons. The zero-order chi connectivity index (χ0) is 8.53. The molecule has 0 bridgehead atoms. The van der Waals surface area contributed by atoms with Crippen molar-refractivity contribution in [2.24, 2.45) is 0 Å². The molecule has 0 aromatic carbocycles. The first-order chi connectivity index (χ1) is 5.31. The van der Waals surface area contributed by atoms with Crippen molar-refractivity contribution in [3.63, 3.8) is 0 Å². The van der Waals surface area contributed by atoms with Crippen LogP contribution in [0.4, 0.5) is 0 Å². The lowest BCUT2D eigenvalue weighted by molar-refractivity contribution is 0.727. The maximum Gasteiger partial charge on any atom is 0.0513 e. The third kappa shape index (κ3) is 7.93. The molecule has 0 aromatic rings. The smallest absolute Gasteiger partial charge is 0.0513 e. The van der Waals surface area contributed by atoms with Crippen molar-refractivity contribution in [2.45, 2.75) is 51.3 Å². The summed E-state index contributed by atoms with van der Waals surface area (Å²) in [6, 6.07) is 0. The van der Waals surface area contributed by atoms with E-state index in [1.165, 1.54) is 25.7 Å². The molecule has 0 aliphatic rings. The highest BCUT2D eigenvalue weighted by Gasteiger charge is 1.91. The van der Waals surface area contributed by atoms with E-state index in [0.717, 1.165) is 6.42 Å². The molecule has 0 aliphatic carbocycles. The van der Waals surface area contributed by atoms with Crippen LogP contribution < -0.4 is 0 Å². The van der Waals surface area contributed by atoms with Gasteiger partial charge in [-0.25, -0.2) is 0 Å². The van der Waals surface area contributed by atoms with Crippen LogP contribution in [0.25, 0.3) is 0 Å². The first-order valence-corrected chi connectivity index (χ1v) is 5.05. The molecule has 0 heterocycles.